The van der Waals surface area contributed by atoms with Crippen molar-refractivity contribution in [2.45, 2.75) is 10.9 Å². The molecule has 0 spiro atoms. The van der Waals surface area contributed by atoms with E-state index in [2.05, 4.69) is 5.32 Å². The van der Waals surface area contributed by atoms with Crippen molar-refractivity contribution in [1.82, 2.24) is 14.5 Å². The van der Waals surface area contributed by atoms with Gasteiger partial charge in [0.1, 0.15) is 22.4 Å². The van der Waals surface area contributed by atoms with Crippen LogP contribution >= 0.6 is 12.4 Å². The normalized spacial score (nSPS) is 20.9. The summed E-state index contributed by atoms with van der Waals surface area (Å²) in [5.41, 5.74) is 0. The zero-order chi connectivity index (χ0) is 19.4. The highest BCUT2D eigenvalue weighted by Gasteiger charge is 2.34. The summed E-state index contributed by atoms with van der Waals surface area (Å²) in [6.07, 6.45) is 0. The summed E-state index contributed by atoms with van der Waals surface area (Å²) in [6.45, 7) is 2.70. The first-order valence-corrected chi connectivity index (χ1v) is 10.2. The van der Waals surface area contributed by atoms with Crippen molar-refractivity contribution in [1.29, 1.82) is 0 Å². The molecule has 1 atom stereocenters. The number of nitrogens with zero attached hydrogens (tertiary/aromatic N) is 2. The van der Waals surface area contributed by atoms with Crippen LogP contribution in [0.25, 0.3) is 0 Å². The van der Waals surface area contributed by atoms with Crippen LogP contribution in [0.5, 0.6) is 11.5 Å². The van der Waals surface area contributed by atoms with E-state index in [1.807, 2.05) is 0 Å². The Hall–Kier alpha value is -1.59. The van der Waals surface area contributed by atoms with Crippen molar-refractivity contribution in [2.24, 2.45) is 0 Å². The van der Waals surface area contributed by atoms with Gasteiger partial charge in [0.25, 0.3) is 0 Å². The third-order valence-electron chi connectivity index (χ3n) is 4.76. The quantitative estimate of drug-likeness (QED) is 0.692. The molecule has 1 unspecified atom stereocenters. The predicted octanol–water partition coefficient (Wildman–Crippen LogP) is -0.0531. The molecule has 0 radical (unpaired) electrons. The maximum atomic E-state index is 13.1. The third-order valence-corrected chi connectivity index (χ3v) is 6.68. The number of halogens is 1. The first-order chi connectivity index (χ1) is 13.0. The fourth-order valence-electron chi connectivity index (χ4n) is 3.22. The van der Waals surface area contributed by atoms with Gasteiger partial charge in [-0.05, 0) is 12.1 Å². The summed E-state index contributed by atoms with van der Waals surface area (Å²) in [7, 11) is -0.856. The molecule has 1 aromatic rings. The number of morpholine rings is 1. The number of benzene rings is 1. The Morgan fingerprint density at radius 1 is 1.18 bits per heavy atom. The van der Waals surface area contributed by atoms with Gasteiger partial charge in [-0.25, -0.2) is 8.42 Å². The first kappa shape index (κ1) is 22.7. The summed E-state index contributed by atoms with van der Waals surface area (Å²) in [4.78, 5) is 14.3. The first-order valence-electron chi connectivity index (χ1n) is 8.79. The summed E-state index contributed by atoms with van der Waals surface area (Å²) in [5.74, 6) is 0.648. The number of ether oxygens (including phenoxy) is 3. The fraction of sp³-hybridized carbons (Fsp3) is 0.588. The predicted molar refractivity (Wildman–Crippen MR) is 105 cm³/mol. The van der Waals surface area contributed by atoms with Gasteiger partial charge in [-0.2, -0.15) is 4.31 Å². The van der Waals surface area contributed by atoms with E-state index < -0.39 is 10.0 Å². The van der Waals surface area contributed by atoms with Gasteiger partial charge >= 0.3 is 0 Å². The Kier molecular flexibility index (Phi) is 7.90. The van der Waals surface area contributed by atoms with Crippen molar-refractivity contribution in [3.05, 3.63) is 18.2 Å². The van der Waals surface area contributed by atoms with Crippen LogP contribution < -0.4 is 14.8 Å². The molecule has 0 aromatic heterocycles. The lowest BCUT2D eigenvalue weighted by molar-refractivity contribution is -0.137. The third kappa shape index (κ3) is 4.69. The van der Waals surface area contributed by atoms with Crippen LogP contribution in [0.2, 0.25) is 0 Å². The smallest absolute Gasteiger partial charge is 0.247 e. The second-order valence-electron chi connectivity index (χ2n) is 6.33. The molecule has 11 heteroatoms. The topological polar surface area (TPSA) is 97.4 Å². The average molecular weight is 436 g/mol. The largest absolute Gasteiger partial charge is 0.497 e. The number of piperazine rings is 1. The van der Waals surface area contributed by atoms with Gasteiger partial charge in [0.05, 0.1) is 27.4 Å². The van der Waals surface area contributed by atoms with Gasteiger partial charge in [0.15, 0.2) is 0 Å². The number of nitrogens with one attached hydrogen (secondary N) is 1. The van der Waals surface area contributed by atoms with E-state index in [0.717, 1.165) is 0 Å². The summed E-state index contributed by atoms with van der Waals surface area (Å²) in [6, 6.07) is 4.31. The van der Waals surface area contributed by atoms with E-state index in [1.54, 1.807) is 17.0 Å². The Balaban J connectivity index is 0.00000280. The Bertz CT molecular complexity index is 777. The highest BCUT2D eigenvalue weighted by atomic mass is 35.5. The second-order valence-corrected chi connectivity index (χ2v) is 8.23. The number of carbonyl (C=O) groups excluding carboxylic acids is 1. The Morgan fingerprint density at radius 3 is 2.46 bits per heavy atom. The van der Waals surface area contributed by atoms with Gasteiger partial charge in [0.2, 0.25) is 15.9 Å². The number of hydrogen-bond acceptors (Lipinski definition) is 7. The van der Waals surface area contributed by atoms with E-state index in [1.165, 1.54) is 24.6 Å². The minimum atomic E-state index is -3.76. The maximum Gasteiger partial charge on any atom is 0.247 e. The zero-order valence-corrected chi connectivity index (χ0v) is 17.6. The van der Waals surface area contributed by atoms with Crippen LogP contribution in [0.3, 0.4) is 0 Å². The lowest BCUT2D eigenvalue weighted by atomic mass is 10.2. The summed E-state index contributed by atoms with van der Waals surface area (Å²) in [5, 5.41) is 3.13. The fourth-order valence-corrected chi connectivity index (χ4v) is 4.81. The molecule has 1 N–H and O–H groups in total. The highest BCUT2D eigenvalue weighted by Crippen LogP contribution is 2.31. The molecule has 1 amide bonds. The van der Waals surface area contributed by atoms with Crippen molar-refractivity contribution < 1.29 is 27.4 Å². The second kappa shape index (κ2) is 9.75. The van der Waals surface area contributed by atoms with Crippen LogP contribution in [0.15, 0.2) is 23.1 Å². The standard InChI is InChI=1S/C17H25N3O6S.ClH/c1-24-13-3-4-15(25-2)16(11-13)27(22,23)20-8-6-19(7-9-20)17(21)14-12-26-10-5-18-14;/h3-4,11,14,18H,5-10,12H2,1-2H3;1H. The van der Waals surface area contributed by atoms with Gasteiger partial charge in [-0.3, -0.25) is 4.79 Å². The Labute approximate surface area is 171 Å². The van der Waals surface area contributed by atoms with Crippen LogP contribution in [-0.4, -0.2) is 89.7 Å². The molecule has 0 aliphatic carbocycles. The number of amides is 1. The van der Waals surface area contributed by atoms with Gasteiger partial charge in [-0.15, -0.1) is 12.4 Å². The molecule has 2 aliphatic heterocycles. The van der Waals surface area contributed by atoms with Crippen molar-refractivity contribution in [2.75, 3.05) is 60.2 Å². The van der Waals surface area contributed by atoms with E-state index in [9.17, 15) is 13.2 Å². The minimum absolute atomic E-state index is 0. The zero-order valence-electron chi connectivity index (χ0n) is 15.9. The van der Waals surface area contributed by atoms with Crippen LogP contribution in [-0.2, 0) is 19.6 Å². The minimum Gasteiger partial charge on any atom is -0.497 e. The lowest BCUT2D eigenvalue weighted by Gasteiger charge is -2.36. The van der Waals surface area contributed by atoms with Gasteiger partial charge in [0, 0.05) is 38.8 Å². The van der Waals surface area contributed by atoms with E-state index in [-0.39, 0.29) is 48.1 Å². The van der Waals surface area contributed by atoms with Crippen molar-refractivity contribution >= 4 is 28.3 Å². The number of methoxy groups -OCH3 is 2. The van der Waals surface area contributed by atoms with Gasteiger partial charge < -0.3 is 24.4 Å². The van der Waals surface area contributed by atoms with Crippen molar-refractivity contribution in [3.8, 4) is 11.5 Å². The molecular weight excluding hydrogens is 410 g/mol. The van der Waals surface area contributed by atoms with E-state index in [0.29, 0.717) is 38.6 Å². The Morgan fingerprint density at radius 2 is 1.89 bits per heavy atom. The molecule has 2 fully saturated rings. The molecule has 2 aliphatic rings. The molecule has 1 aromatic carbocycles. The lowest BCUT2D eigenvalue weighted by Crippen LogP contribution is -2.57. The van der Waals surface area contributed by atoms with E-state index >= 15 is 0 Å². The summed E-state index contributed by atoms with van der Waals surface area (Å²) < 4.78 is 43.2. The highest BCUT2D eigenvalue weighted by molar-refractivity contribution is 7.89. The maximum absolute atomic E-state index is 13.1. The summed E-state index contributed by atoms with van der Waals surface area (Å²) >= 11 is 0. The number of carbonyl (C=O) groups is 1. The molecular formula is C17H26ClN3O6S. The molecule has 9 nitrogen and oxygen atoms in total. The molecule has 3 rings (SSSR count). The van der Waals surface area contributed by atoms with E-state index in [4.69, 9.17) is 14.2 Å². The SMILES string of the molecule is COc1ccc(OC)c(S(=O)(=O)N2CCN(C(=O)C3COCCN3)CC2)c1.Cl. The molecule has 0 saturated carbocycles. The monoisotopic (exact) mass is 435 g/mol. The molecule has 2 saturated heterocycles. The average Bonchev–Trinajstić information content (AvgIpc) is 2.73. The van der Waals surface area contributed by atoms with Crippen LogP contribution in [0.4, 0.5) is 0 Å². The van der Waals surface area contributed by atoms with Crippen molar-refractivity contribution in [3.63, 3.8) is 0 Å². The molecule has 2 heterocycles. The van der Waals surface area contributed by atoms with Gasteiger partial charge in [-0.1, -0.05) is 0 Å². The number of sulfonamides is 1. The van der Waals surface area contributed by atoms with Crippen LogP contribution in [0.1, 0.15) is 0 Å². The molecule has 0 bridgehead atoms. The number of rotatable bonds is 5. The molecule has 158 valence electrons. The number of hydrogen-bond donors (Lipinski definition) is 1. The molecule has 28 heavy (non-hydrogen) atoms. The van der Waals surface area contributed by atoms with Crippen LogP contribution in [0, 0.1) is 0 Å².